The van der Waals surface area contributed by atoms with Crippen LogP contribution in [0.2, 0.25) is 10.0 Å². The van der Waals surface area contributed by atoms with Crippen LogP contribution in [-0.4, -0.2) is 5.49 Å². The Hall–Kier alpha value is -0.310. The van der Waals surface area contributed by atoms with Crippen LogP contribution in [-0.2, 0) is 6.54 Å². The van der Waals surface area contributed by atoms with Gasteiger partial charge in [0, 0.05) is 6.54 Å². The molecule has 0 saturated carbocycles. The predicted octanol–water partition coefficient (Wildman–Crippen LogP) is 3.04. The summed E-state index contributed by atoms with van der Waals surface area (Å²) < 4.78 is 0. The van der Waals surface area contributed by atoms with Gasteiger partial charge in [-0.3, -0.25) is 0 Å². The molecule has 0 aromatic heterocycles. The summed E-state index contributed by atoms with van der Waals surface area (Å²) in [5.74, 6) is 0. The average Bonchev–Trinajstić information content (AvgIpc) is 2.08. The van der Waals surface area contributed by atoms with Gasteiger partial charge in [-0.1, -0.05) is 47.6 Å². The number of halogens is 2. The molecular weight excluding hydrogens is 213 g/mol. The number of nitrogens with one attached hydrogen (secondary N) is 1. The first-order valence-corrected chi connectivity index (χ1v) is 4.58. The molecule has 12 heavy (non-hydrogen) atoms. The standard InChI is InChI=1S/C8H7Cl2NS/c9-7-3-1-2-6(8(7)10)4-11-5-12/h1-3,5H,4H2,(H,11,12). The third-order valence-electron chi connectivity index (χ3n) is 1.41. The zero-order valence-corrected chi connectivity index (χ0v) is 8.51. The third-order valence-corrected chi connectivity index (χ3v) is 2.43. The average molecular weight is 220 g/mol. The van der Waals surface area contributed by atoms with Crippen molar-refractivity contribution in [2.45, 2.75) is 6.54 Å². The van der Waals surface area contributed by atoms with Crippen molar-refractivity contribution in [3.8, 4) is 0 Å². The first kappa shape index (κ1) is 9.78. The van der Waals surface area contributed by atoms with Gasteiger partial charge in [0.2, 0.25) is 0 Å². The van der Waals surface area contributed by atoms with Crippen LogP contribution in [0.15, 0.2) is 18.2 Å². The Labute approximate surface area is 86.7 Å². The summed E-state index contributed by atoms with van der Waals surface area (Å²) >= 11 is 16.3. The molecule has 1 rings (SSSR count). The second-order valence-corrected chi connectivity index (χ2v) is 3.23. The third kappa shape index (κ3) is 2.34. The van der Waals surface area contributed by atoms with Gasteiger partial charge in [0.25, 0.3) is 0 Å². The van der Waals surface area contributed by atoms with Crippen LogP contribution >= 0.6 is 35.4 Å². The van der Waals surface area contributed by atoms with E-state index in [1.165, 1.54) is 5.49 Å². The van der Waals surface area contributed by atoms with Gasteiger partial charge in [-0.15, -0.1) is 0 Å². The first-order valence-electron chi connectivity index (χ1n) is 3.35. The maximum Gasteiger partial charge on any atom is 0.0642 e. The van der Waals surface area contributed by atoms with Gasteiger partial charge >= 0.3 is 0 Å². The highest BCUT2D eigenvalue weighted by atomic mass is 35.5. The van der Waals surface area contributed by atoms with Crippen molar-refractivity contribution < 1.29 is 0 Å². The van der Waals surface area contributed by atoms with Crippen LogP contribution in [0.5, 0.6) is 0 Å². The van der Waals surface area contributed by atoms with E-state index in [4.69, 9.17) is 23.2 Å². The van der Waals surface area contributed by atoms with Crippen LogP contribution in [0.3, 0.4) is 0 Å². The van der Waals surface area contributed by atoms with E-state index in [0.717, 1.165) is 5.56 Å². The van der Waals surface area contributed by atoms with Crippen molar-refractivity contribution in [3.05, 3.63) is 33.8 Å². The second kappa shape index (κ2) is 4.65. The van der Waals surface area contributed by atoms with Crippen molar-refractivity contribution in [3.63, 3.8) is 0 Å². The second-order valence-electron chi connectivity index (χ2n) is 2.21. The SMILES string of the molecule is S=CNCc1cccc(Cl)c1Cl. The molecule has 0 saturated heterocycles. The molecule has 0 heterocycles. The lowest BCUT2D eigenvalue weighted by molar-refractivity contribution is 0.945. The van der Waals surface area contributed by atoms with Crippen molar-refractivity contribution in [2.24, 2.45) is 0 Å². The van der Waals surface area contributed by atoms with Gasteiger partial charge in [-0.05, 0) is 11.6 Å². The highest BCUT2D eigenvalue weighted by molar-refractivity contribution is 7.78. The molecule has 0 atom stereocenters. The zero-order chi connectivity index (χ0) is 8.97. The van der Waals surface area contributed by atoms with Crippen molar-refractivity contribution in [1.82, 2.24) is 5.32 Å². The zero-order valence-electron chi connectivity index (χ0n) is 6.18. The smallest absolute Gasteiger partial charge is 0.0642 e. The Morgan fingerprint density at radius 2 is 2.17 bits per heavy atom. The van der Waals surface area contributed by atoms with Gasteiger partial charge < -0.3 is 5.32 Å². The molecule has 1 aromatic carbocycles. The number of hydrogen-bond donors (Lipinski definition) is 1. The molecule has 1 N–H and O–H groups in total. The lowest BCUT2D eigenvalue weighted by Gasteiger charge is -2.04. The monoisotopic (exact) mass is 219 g/mol. The van der Waals surface area contributed by atoms with Crippen LogP contribution in [0.25, 0.3) is 0 Å². The highest BCUT2D eigenvalue weighted by Crippen LogP contribution is 2.25. The largest absolute Gasteiger partial charge is 0.378 e. The lowest BCUT2D eigenvalue weighted by Crippen LogP contribution is -2.08. The molecule has 0 unspecified atom stereocenters. The molecule has 1 nitrogen and oxygen atoms in total. The van der Waals surface area contributed by atoms with Gasteiger partial charge in [0.15, 0.2) is 0 Å². The fourth-order valence-electron chi connectivity index (χ4n) is 0.837. The summed E-state index contributed by atoms with van der Waals surface area (Å²) in [6.45, 7) is 0.614. The number of benzene rings is 1. The molecule has 0 spiro atoms. The summed E-state index contributed by atoms with van der Waals surface area (Å²) in [5, 5.41) is 4.04. The Balaban J connectivity index is 2.84. The van der Waals surface area contributed by atoms with Gasteiger partial charge in [-0.25, -0.2) is 0 Å². The van der Waals surface area contributed by atoms with E-state index in [2.05, 4.69) is 17.5 Å². The molecule has 0 amide bonds. The van der Waals surface area contributed by atoms with Gasteiger partial charge in [-0.2, -0.15) is 0 Å². The fraction of sp³-hybridized carbons (Fsp3) is 0.125. The Bertz CT molecular complexity index is 288. The topological polar surface area (TPSA) is 12.0 Å². The van der Waals surface area contributed by atoms with E-state index >= 15 is 0 Å². The highest BCUT2D eigenvalue weighted by Gasteiger charge is 2.01. The fourth-order valence-corrected chi connectivity index (χ4v) is 1.31. The molecule has 0 radical (unpaired) electrons. The molecular formula is C8H7Cl2NS. The van der Waals surface area contributed by atoms with E-state index in [-0.39, 0.29) is 0 Å². The normalized spacial score (nSPS) is 9.50. The number of thiocarbonyl (C=S) groups is 1. The van der Waals surface area contributed by atoms with E-state index in [1.54, 1.807) is 6.07 Å². The quantitative estimate of drug-likeness (QED) is 0.785. The molecule has 0 aliphatic heterocycles. The summed E-state index contributed by atoms with van der Waals surface area (Å²) in [4.78, 5) is 0. The molecule has 4 heteroatoms. The van der Waals surface area contributed by atoms with E-state index in [1.807, 2.05) is 12.1 Å². The van der Waals surface area contributed by atoms with Crippen molar-refractivity contribution >= 4 is 40.9 Å². The van der Waals surface area contributed by atoms with Crippen LogP contribution in [0.1, 0.15) is 5.56 Å². The summed E-state index contributed by atoms with van der Waals surface area (Å²) in [5.41, 5.74) is 2.40. The maximum atomic E-state index is 5.91. The van der Waals surface area contributed by atoms with E-state index in [0.29, 0.717) is 16.6 Å². The van der Waals surface area contributed by atoms with Crippen LogP contribution in [0, 0.1) is 0 Å². The van der Waals surface area contributed by atoms with E-state index < -0.39 is 0 Å². The summed E-state index contributed by atoms with van der Waals surface area (Å²) in [6, 6.07) is 5.51. The molecule has 0 bridgehead atoms. The number of rotatable bonds is 3. The predicted molar refractivity (Wildman–Crippen MR) is 57.0 cm³/mol. The summed E-state index contributed by atoms with van der Waals surface area (Å²) in [7, 11) is 0. The van der Waals surface area contributed by atoms with Crippen LogP contribution < -0.4 is 5.32 Å². The van der Waals surface area contributed by atoms with Crippen molar-refractivity contribution in [2.75, 3.05) is 0 Å². The molecule has 0 aliphatic rings. The Kier molecular flexibility index (Phi) is 3.79. The minimum atomic E-state index is 0.570. The van der Waals surface area contributed by atoms with Gasteiger partial charge in [0.1, 0.15) is 0 Å². The molecule has 0 fully saturated rings. The van der Waals surface area contributed by atoms with Crippen molar-refractivity contribution in [1.29, 1.82) is 0 Å². The number of hydrogen-bond acceptors (Lipinski definition) is 1. The maximum absolute atomic E-state index is 5.91. The molecule has 0 aliphatic carbocycles. The Morgan fingerprint density at radius 1 is 1.42 bits per heavy atom. The van der Waals surface area contributed by atoms with E-state index in [9.17, 15) is 0 Å². The first-order chi connectivity index (χ1) is 5.75. The van der Waals surface area contributed by atoms with Gasteiger partial charge in [0.05, 0.1) is 15.5 Å². The lowest BCUT2D eigenvalue weighted by atomic mass is 10.2. The van der Waals surface area contributed by atoms with Crippen LogP contribution in [0.4, 0.5) is 0 Å². The molecule has 64 valence electrons. The minimum Gasteiger partial charge on any atom is -0.378 e. The minimum absolute atomic E-state index is 0.570. The summed E-state index contributed by atoms with van der Waals surface area (Å²) in [6.07, 6.45) is 0. The molecule has 1 aromatic rings. The Morgan fingerprint density at radius 3 is 2.83 bits per heavy atom.